The Morgan fingerprint density at radius 2 is 1.57 bits per heavy atom. The van der Waals surface area contributed by atoms with Crippen LogP contribution in [0.1, 0.15) is 64.2 Å². The monoisotopic (exact) mass is 313 g/mol. The van der Waals surface area contributed by atoms with Crippen molar-refractivity contribution in [2.45, 2.75) is 69.7 Å². The van der Waals surface area contributed by atoms with Crippen LogP contribution in [0.2, 0.25) is 0 Å². The largest absolute Gasteiger partial charge is 0.450 e. The fourth-order valence-electron chi connectivity index (χ4n) is 5.23. The Hall–Kier alpha value is -0.440. The lowest BCUT2D eigenvalue weighted by Gasteiger charge is -2.56. The van der Waals surface area contributed by atoms with Gasteiger partial charge in [0.2, 0.25) is 0 Å². The third-order valence-electron chi connectivity index (χ3n) is 5.67. The van der Waals surface area contributed by atoms with Crippen LogP contribution in [0.25, 0.3) is 0 Å². The molecule has 0 heterocycles. The maximum atomic E-state index is 12.1. The van der Waals surface area contributed by atoms with E-state index in [1.54, 1.807) is 0 Å². The third-order valence-corrected chi connectivity index (χ3v) is 5.93. The van der Waals surface area contributed by atoms with Crippen LogP contribution >= 0.6 is 11.6 Å². The van der Waals surface area contributed by atoms with Gasteiger partial charge < -0.3 is 10.1 Å². The van der Waals surface area contributed by atoms with Gasteiger partial charge in [-0.15, -0.1) is 11.6 Å². The lowest BCUT2D eigenvalue weighted by atomic mass is 9.53. The first-order valence-corrected chi connectivity index (χ1v) is 9.23. The standard InChI is InChI=1S/C17H28ClNO2/c18-5-3-1-2-4-6-21-16(20)19-17-10-13-7-14(11-17)9-15(8-13)12-17/h13-15H,1-12H2,(H,19,20). The molecule has 0 aromatic carbocycles. The topological polar surface area (TPSA) is 38.3 Å². The van der Waals surface area contributed by atoms with Crippen LogP contribution in [0.4, 0.5) is 4.79 Å². The van der Waals surface area contributed by atoms with Gasteiger partial charge in [0.25, 0.3) is 0 Å². The van der Waals surface area contributed by atoms with Gasteiger partial charge in [-0.2, -0.15) is 0 Å². The van der Waals surface area contributed by atoms with E-state index >= 15 is 0 Å². The van der Waals surface area contributed by atoms with Gasteiger partial charge in [0.05, 0.1) is 6.61 Å². The lowest BCUT2D eigenvalue weighted by Crippen LogP contribution is -2.59. The Balaban J connectivity index is 1.39. The molecule has 1 amide bonds. The van der Waals surface area contributed by atoms with Gasteiger partial charge in [-0.25, -0.2) is 4.79 Å². The number of nitrogens with one attached hydrogen (secondary N) is 1. The fraction of sp³-hybridized carbons (Fsp3) is 0.941. The van der Waals surface area contributed by atoms with Crippen LogP contribution < -0.4 is 5.32 Å². The highest BCUT2D eigenvalue weighted by atomic mass is 35.5. The summed E-state index contributed by atoms with van der Waals surface area (Å²) in [4.78, 5) is 12.1. The molecule has 4 rings (SSSR count). The van der Waals surface area contributed by atoms with Crippen molar-refractivity contribution < 1.29 is 9.53 Å². The van der Waals surface area contributed by atoms with Crippen LogP contribution in [-0.2, 0) is 4.74 Å². The van der Waals surface area contributed by atoms with E-state index in [1.807, 2.05) is 0 Å². The normalized spacial score (nSPS) is 36.7. The minimum absolute atomic E-state index is 0.0739. The summed E-state index contributed by atoms with van der Waals surface area (Å²) >= 11 is 5.64. The number of carbonyl (C=O) groups excluding carboxylic acids is 1. The number of hydrogen-bond acceptors (Lipinski definition) is 2. The zero-order valence-electron chi connectivity index (χ0n) is 12.9. The molecule has 120 valence electrons. The Kier molecular flexibility index (Phi) is 4.98. The minimum Gasteiger partial charge on any atom is -0.450 e. The number of alkyl carbamates (subject to hydrolysis) is 1. The highest BCUT2D eigenvalue weighted by molar-refractivity contribution is 6.17. The van der Waals surface area contributed by atoms with Gasteiger partial charge in [0, 0.05) is 11.4 Å². The van der Waals surface area contributed by atoms with Crippen LogP contribution in [0.15, 0.2) is 0 Å². The van der Waals surface area contributed by atoms with Crippen molar-refractivity contribution in [3.05, 3.63) is 0 Å². The third kappa shape index (κ3) is 3.85. The van der Waals surface area contributed by atoms with E-state index in [0.29, 0.717) is 6.61 Å². The number of halogens is 1. The van der Waals surface area contributed by atoms with Gasteiger partial charge in [0.15, 0.2) is 0 Å². The van der Waals surface area contributed by atoms with Crippen molar-refractivity contribution in [3.8, 4) is 0 Å². The van der Waals surface area contributed by atoms with Gasteiger partial charge in [-0.1, -0.05) is 12.8 Å². The molecule has 0 spiro atoms. The maximum absolute atomic E-state index is 12.1. The molecule has 3 nitrogen and oxygen atoms in total. The second-order valence-electron chi connectivity index (χ2n) is 7.56. The van der Waals surface area contributed by atoms with Gasteiger partial charge in [-0.3, -0.25) is 0 Å². The van der Waals surface area contributed by atoms with E-state index in [4.69, 9.17) is 16.3 Å². The molecule has 4 saturated carbocycles. The molecule has 0 atom stereocenters. The summed E-state index contributed by atoms with van der Waals surface area (Å²) in [6, 6.07) is 0. The van der Waals surface area contributed by atoms with Crippen molar-refractivity contribution in [2.24, 2.45) is 17.8 Å². The van der Waals surface area contributed by atoms with E-state index in [0.717, 1.165) is 49.3 Å². The predicted octanol–water partition coefficient (Wildman–Crippen LogP) is 4.48. The lowest BCUT2D eigenvalue weighted by molar-refractivity contribution is -0.0191. The molecule has 0 unspecified atom stereocenters. The number of rotatable bonds is 7. The first-order valence-electron chi connectivity index (χ1n) is 8.70. The van der Waals surface area contributed by atoms with Gasteiger partial charge in [-0.05, 0) is 69.1 Å². The molecular formula is C17H28ClNO2. The Labute approximate surface area is 133 Å². The first-order chi connectivity index (χ1) is 10.2. The maximum Gasteiger partial charge on any atom is 0.407 e. The number of ether oxygens (including phenoxy) is 1. The highest BCUT2D eigenvalue weighted by Crippen LogP contribution is 2.55. The molecule has 4 aliphatic rings. The van der Waals surface area contributed by atoms with Crippen molar-refractivity contribution in [1.29, 1.82) is 0 Å². The summed E-state index contributed by atoms with van der Waals surface area (Å²) < 4.78 is 5.38. The second kappa shape index (κ2) is 6.76. The minimum atomic E-state index is -0.186. The van der Waals surface area contributed by atoms with E-state index < -0.39 is 0 Å². The average molecular weight is 314 g/mol. The Bertz CT molecular complexity index is 337. The summed E-state index contributed by atoms with van der Waals surface area (Å²) in [6.07, 6.45) is 11.8. The van der Waals surface area contributed by atoms with E-state index in [-0.39, 0.29) is 11.6 Å². The average Bonchev–Trinajstić information content (AvgIpc) is 2.40. The molecule has 4 fully saturated rings. The molecular weight excluding hydrogens is 286 g/mol. The number of hydrogen-bond donors (Lipinski definition) is 1. The highest BCUT2D eigenvalue weighted by Gasteiger charge is 2.51. The molecule has 1 N–H and O–H groups in total. The van der Waals surface area contributed by atoms with Crippen LogP contribution in [0.3, 0.4) is 0 Å². The second-order valence-corrected chi connectivity index (χ2v) is 7.94. The van der Waals surface area contributed by atoms with Gasteiger partial charge >= 0.3 is 6.09 Å². The van der Waals surface area contributed by atoms with E-state index in [9.17, 15) is 4.79 Å². The molecule has 0 aliphatic heterocycles. The molecule has 0 radical (unpaired) electrons. The molecule has 0 aromatic heterocycles. The van der Waals surface area contributed by atoms with Crippen LogP contribution in [-0.4, -0.2) is 24.1 Å². The van der Waals surface area contributed by atoms with Gasteiger partial charge in [0.1, 0.15) is 0 Å². The number of unbranched alkanes of at least 4 members (excludes halogenated alkanes) is 3. The van der Waals surface area contributed by atoms with Crippen molar-refractivity contribution in [3.63, 3.8) is 0 Å². The van der Waals surface area contributed by atoms with Crippen molar-refractivity contribution >= 4 is 17.7 Å². The summed E-state index contributed by atoms with van der Waals surface area (Å²) in [5.41, 5.74) is 0.0739. The first kappa shape index (κ1) is 15.5. The van der Waals surface area contributed by atoms with Crippen molar-refractivity contribution in [2.75, 3.05) is 12.5 Å². The van der Waals surface area contributed by atoms with Crippen LogP contribution in [0.5, 0.6) is 0 Å². The summed E-state index contributed by atoms with van der Waals surface area (Å²) in [5.74, 6) is 3.29. The summed E-state index contributed by atoms with van der Waals surface area (Å²) in [6.45, 7) is 0.542. The molecule has 4 aliphatic carbocycles. The smallest absolute Gasteiger partial charge is 0.407 e. The van der Waals surface area contributed by atoms with Crippen molar-refractivity contribution in [1.82, 2.24) is 5.32 Å². The molecule has 21 heavy (non-hydrogen) atoms. The quantitative estimate of drug-likeness (QED) is 0.556. The van der Waals surface area contributed by atoms with E-state index in [1.165, 1.54) is 38.5 Å². The van der Waals surface area contributed by atoms with E-state index in [2.05, 4.69) is 5.32 Å². The zero-order valence-corrected chi connectivity index (χ0v) is 13.7. The zero-order chi connectivity index (χ0) is 14.7. The number of amides is 1. The summed E-state index contributed by atoms with van der Waals surface area (Å²) in [5, 5.41) is 3.24. The Morgan fingerprint density at radius 1 is 1.00 bits per heavy atom. The molecule has 0 aromatic rings. The summed E-state index contributed by atoms with van der Waals surface area (Å²) in [7, 11) is 0. The SMILES string of the molecule is O=C(NC12CC3CC(CC(C3)C1)C2)OCCCCCCCl. The number of alkyl halides is 1. The molecule has 0 saturated heterocycles. The predicted molar refractivity (Wildman–Crippen MR) is 84.6 cm³/mol. The Morgan fingerprint density at radius 3 is 2.14 bits per heavy atom. The molecule has 4 heteroatoms. The number of carbonyl (C=O) groups is 1. The molecule has 4 bridgehead atoms. The fourth-order valence-corrected chi connectivity index (χ4v) is 5.42. The van der Waals surface area contributed by atoms with Crippen LogP contribution in [0, 0.1) is 17.8 Å².